The number of carbonyl (C=O) groups is 1. The molecule has 0 aromatic rings. The Balaban J connectivity index is 1.75. The molecule has 2 fully saturated rings. The summed E-state index contributed by atoms with van der Waals surface area (Å²) in [6.45, 7) is 7.78. The third kappa shape index (κ3) is 4.18. The van der Waals surface area contributed by atoms with Gasteiger partial charge < -0.3 is 15.1 Å². The van der Waals surface area contributed by atoms with Crippen molar-refractivity contribution in [2.75, 3.05) is 39.8 Å². The first kappa shape index (κ1) is 14.8. The van der Waals surface area contributed by atoms with Crippen LogP contribution in [0, 0.1) is 5.92 Å². The molecule has 110 valence electrons. The zero-order chi connectivity index (χ0) is 13.7. The Morgan fingerprint density at radius 2 is 2.05 bits per heavy atom. The van der Waals surface area contributed by atoms with Crippen LogP contribution in [-0.2, 0) is 4.79 Å². The molecule has 0 aromatic heterocycles. The molecule has 0 spiro atoms. The van der Waals surface area contributed by atoms with Crippen molar-refractivity contribution in [2.24, 2.45) is 5.92 Å². The van der Waals surface area contributed by atoms with E-state index >= 15 is 0 Å². The zero-order valence-electron chi connectivity index (χ0n) is 12.5. The Morgan fingerprint density at radius 3 is 2.63 bits per heavy atom. The van der Waals surface area contributed by atoms with E-state index in [-0.39, 0.29) is 0 Å². The maximum absolute atomic E-state index is 12.3. The maximum atomic E-state index is 12.3. The minimum atomic E-state index is 0.351. The van der Waals surface area contributed by atoms with Gasteiger partial charge in [-0.1, -0.05) is 6.92 Å². The molecule has 1 amide bonds. The minimum absolute atomic E-state index is 0.351. The van der Waals surface area contributed by atoms with Crippen LogP contribution in [0.2, 0.25) is 0 Å². The van der Waals surface area contributed by atoms with Crippen molar-refractivity contribution in [1.82, 2.24) is 15.1 Å². The van der Waals surface area contributed by atoms with Gasteiger partial charge in [-0.05, 0) is 51.2 Å². The predicted octanol–water partition coefficient (Wildman–Crippen LogP) is 1.32. The highest BCUT2D eigenvalue weighted by atomic mass is 16.2. The van der Waals surface area contributed by atoms with Crippen LogP contribution >= 0.6 is 0 Å². The lowest BCUT2D eigenvalue weighted by Crippen LogP contribution is -2.46. The van der Waals surface area contributed by atoms with Crippen LogP contribution in [0.15, 0.2) is 0 Å². The fraction of sp³-hybridized carbons (Fsp3) is 0.933. The van der Waals surface area contributed by atoms with Gasteiger partial charge in [-0.15, -0.1) is 0 Å². The van der Waals surface area contributed by atoms with Gasteiger partial charge in [0.2, 0.25) is 5.91 Å². The van der Waals surface area contributed by atoms with Gasteiger partial charge in [0.05, 0.1) is 0 Å². The summed E-state index contributed by atoms with van der Waals surface area (Å²) in [4.78, 5) is 16.8. The molecule has 2 aliphatic rings. The molecule has 0 aromatic carbocycles. The number of hydrogen-bond donors (Lipinski definition) is 1. The van der Waals surface area contributed by atoms with E-state index in [0.29, 0.717) is 17.9 Å². The topological polar surface area (TPSA) is 35.6 Å². The second-order valence-electron chi connectivity index (χ2n) is 6.09. The van der Waals surface area contributed by atoms with Gasteiger partial charge >= 0.3 is 0 Å². The Morgan fingerprint density at radius 1 is 1.32 bits per heavy atom. The second-order valence-corrected chi connectivity index (χ2v) is 6.09. The van der Waals surface area contributed by atoms with Crippen LogP contribution in [0.4, 0.5) is 0 Å². The molecule has 4 heteroatoms. The van der Waals surface area contributed by atoms with Crippen LogP contribution in [0.3, 0.4) is 0 Å². The van der Waals surface area contributed by atoms with E-state index in [9.17, 15) is 4.79 Å². The average Bonchev–Trinajstić information content (AvgIpc) is 2.47. The smallest absolute Gasteiger partial charge is 0.222 e. The predicted molar refractivity (Wildman–Crippen MR) is 78.1 cm³/mol. The quantitative estimate of drug-likeness (QED) is 0.834. The summed E-state index contributed by atoms with van der Waals surface area (Å²) in [6, 6.07) is 0.465. The number of likely N-dealkylation sites (tertiary alicyclic amines) is 1. The Labute approximate surface area is 117 Å². The average molecular weight is 267 g/mol. The molecule has 1 N–H and O–H groups in total. The van der Waals surface area contributed by atoms with Crippen LogP contribution in [0.25, 0.3) is 0 Å². The van der Waals surface area contributed by atoms with Crippen LogP contribution in [-0.4, -0.2) is 61.5 Å². The molecule has 2 rings (SSSR count). The second kappa shape index (κ2) is 7.25. The lowest BCUT2D eigenvalue weighted by molar-refractivity contribution is -0.134. The Hall–Kier alpha value is -0.610. The monoisotopic (exact) mass is 267 g/mol. The normalized spacial score (nSPS) is 26.3. The van der Waals surface area contributed by atoms with Gasteiger partial charge in [-0.2, -0.15) is 0 Å². The summed E-state index contributed by atoms with van der Waals surface area (Å²) in [5, 5.41) is 3.39. The first-order chi connectivity index (χ1) is 9.20. The molecule has 19 heavy (non-hydrogen) atoms. The summed E-state index contributed by atoms with van der Waals surface area (Å²) in [5.41, 5.74) is 0. The molecular weight excluding hydrogens is 238 g/mol. The first-order valence-electron chi connectivity index (χ1n) is 7.89. The Bertz CT molecular complexity index is 281. The van der Waals surface area contributed by atoms with E-state index in [0.717, 1.165) is 52.0 Å². The summed E-state index contributed by atoms with van der Waals surface area (Å²) < 4.78 is 0. The largest absolute Gasteiger partial charge is 0.343 e. The van der Waals surface area contributed by atoms with Crippen molar-refractivity contribution in [3.63, 3.8) is 0 Å². The number of amides is 1. The molecule has 0 bridgehead atoms. The molecule has 1 unspecified atom stereocenters. The van der Waals surface area contributed by atoms with Gasteiger partial charge in [0.15, 0.2) is 0 Å². The lowest BCUT2D eigenvalue weighted by atomic mass is 9.95. The Kier molecular flexibility index (Phi) is 5.64. The molecule has 0 radical (unpaired) electrons. The molecule has 2 heterocycles. The fourth-order valence-electron chi connectivity index (χ4n) is 3.32. The highest BCUT2D eigenvalue weighted by molar-refractivity contribution is 5.76. The molecule has 1 atom stereocenters. The van der Waals surface area contributed by atoms with Crippen molar-refractivity contribution in [2.45, 2.75) is 45.1 Å². The number of piperidine rings is 2. The van der Waals surface area contributed by atoms with E-state index in [2.05, 4.69) is 17.1 Å². The van der Waals surface area contributed by atoms with Crippen molar-refractivity contribution in [1.29, 1.82) is 0 Å². The molecule has 2 aliphatic heterocycles. The summed E-state index contributed by atoms with van der Waals surface area (Å²) in [7, 11) is 2.00. The van der Waals surface area contributed by atoms with Gasteiger partial charge in [-0.25, -0.2) is 0 Å². The van der Waals surface area contributed by atoms with E-state index in [1.807, 2.05) is 11.9 Å². The van der Waals surface area contributed by atoms with E-state index in [1.165, 1.54) is 12.8 Å². The zero-order valence-corrected chi connectivity index (χ0v) is 12.5. The van der Waals surface area contributed by atoms with Crippen molar-refractivity contribution in [3.8, 4) is 0 Å². The van der Waals surface area contributed by atoms with Crippen molar-refractivity contribution in [3.05, 3.63) is 0 Å². The molecule has 2 saturated heterocycles. The highest BCUT2D eigenvalue weighted by Crippen LogP contribution is 2.19. The van der Waals surface area contributed by atoms with Gasteiger partial charge in [0.25, 0.3) is 0 Å². The van der Waals surface area contributed by atoms with E-state index in [1.54, 1.807) is 0 Å². The standard InChI is InChI=1S/C15H29N3O/c1-3-18-9-6-14(7-10-18)17(2)15(19)11-13-5-4-8-16-12-13/h13-14,16H,3-12H2,1-2H3. The highest BCUT2D eigenvalue weighted by Gasteiger charge is 2.26. The third-order valence-corrected chi connectivity index (χ3v) is 4.81. The maximum Gasteiger partial charge on any atom is 0.222 e. The fourth-order valence-corrected chi connectivity index (χ4v) is 3.32. The number of hydrogen-bond acceptors (Lipinski definition) is 3. The lowest BCUT2D eigenvalue weighted by Gasteiger charge is -2.37. The summed E-state index contributed by atoms with van der Waals surface area (Å²) >= 11 is 0. The first-order valence-corrected chi connectivity index (χ1v) is 7.89. The number of nitrogens with one attached hydrogen (secondary N) is 1. The van der Waals surface area contributed by atoms with E-state index < -0.39 is 0 Å². The van der Waals surface area contributed by atoms with E-state index in [4.69, 9.17) is 0 Å². The minimum Gasteiger partial charge on any atom is -0.343 e. The van der Waals surface area contributed by atoms with Crippen molar-refractivity contribution < 1.29 is 4.79 Å². The molecule has 4 nitrogen and oxygen atoms in total. The van der Waals surface area contributed by atoms with Crippen molar-refractivity contribution >= 4 is 5.91 Å². The van der Waals surface area contributed by atoms with Gasteiger partial charge in [0.1, 0.15) is 0 Å². The van der Waals surface area contributed by atoms with Crippen LogP contribution in [0.5, 0.6) is 0 Å². The third-order valence-electron chi connectivity index (χ3n) is 4.81. The van der Waals surface area contributed by atoms with Crippen LogP contribution in [0.1, 0.15) is 39.0 Å². The van der Waals surface area contributed by atoms with Gasteiger partial charge in [0, 0.05) is 32.6 Å². The summed E-state index contributed by atoms with van der Waals surface area (Å²) in [6.07, 6.45) is 5.44. The number of rotatable bonds is 4. The molecular formula is C15H29N3O. The summed E-state index contributed by atoms with van der Waals surface area (Å²) in [5.74, 6) is 0.906. The number of carbonyl (C=O) groups excluding carboxylic acids is 1. The van der Waals surface area contributed by atoms with Gasteiger partial charge in [-0.3, -0.25) is 4.79 Å². The molecule has 0 saturated carbocycles. The SMILES string of the molecule is CCN1CCC(N(C)C(=O)CC2CCCNC2)CC1. The number of nitrogens with zero attached hydrogens (tertiary/aromatic N) is 2. The van der Waals surface area contributed by atoms with Crippen LogP contribution < -0.4 is 5.32 Å². The molecule has 0 aliphatic carbocycles.